The molecular formula is C15H14Cl2N2O2. The minimum atomic E-state index is 0.148. The quantitative estimate of drug-likeness (QED) is 0.516. The molecule has 0 unspecified atom stereocenters. The topological polar surface area (TPSA) is 56.8 Å². The molecule has 2 aromatic carbocycles. The molecule has 4 nitrogen and oxygen atoms in total. The molecular weight excluding hydrogens is 311 g/mol. The Kier molecular flexibility index (Phi) is 5.31. The number of benzene rings is 2. The van der Waals surface area contributed by atoms with Crippen LogP contribution in [-0.2, 0) is 11.4 Å². The van der Waals surface area contributed by atoms with E-state index in [1.165, 1.54) is 0 Å². The zero-order valence-electron chi connectivity index (χ0n) is 11.3. The standard InChI is InChI=1S/C15H14Cl2N2O2/c1-20-11-7-5-10(6-8-11)15(18)19-21-9-12-13(16)3-2-4-14(12)17/h2-8H,9H2,1H3,(H2,18,19). The first-order valence-electron chi connectivity index (χ1n) is 6.14. The molecule has 0 bridgehead atoms. The van der Waals surface area contributed by atoms with E-state index in [9.17, 15) is 0 Å². The molecule has 2 aromatic rings. The first-order chi connectivity index (χ1) is 10.1. The Hall–Kier alpha value is -1.91. The van der Waals surface area contributed by atoms with E-state index in [1.807, 2.05) is 0 Å². The second-order valence-corrected chi connectivity index (χ2v) is 4.99. The molecule has 0 amide bonds. The summed E-state index contributed by atoms with van der Waals surface area (Å²) in [6, 6.07) is 12.4. The first kappa shape index (κ1) is 15.5. The molecule has 0 aliphatic rings. The van der Waals surface area contributed by atoms with Crippen LogP contribution < -0.4 is 10.5 Å². The lowest BCUT2D eigenvalue weighted by atomic mass is 10.2. The van der Waals surface area contributed by atoms with Crippen LogP contribution in [0.4, 0.5) is 0 Å². The van der Waals surface area contributed by atoms with Gasteiger partial charge in [-0.15, -0.1) is 0 Å². The summed E-state index contributed by atoms with van der Waals surface area (Å²) < 4.78 is 5.07. The zero-order chi connectivity index (χ0) is 15.2. The molecule has 110 valence electrons. The summed E-state index contributed by atoms with van der Waals surface area (Å²) in [6.45, 7) is 0.148. The van der Waals surface area contributed by atoms with Crippen molar-refractivity contribution in [2.75, 3.05) is 7.11 Å². The van der Waals surface area contributed by atoms with Gasteiger partial charge in [0.2, 0.25) is 0 Å². The lowest BCUT2D eigenvalue weighted by Crippen LogP contribution is -2.13. The highest BCUT2D eigenvalue weighted by atomic mass is 35.5. The average molecular weight is 325 g/mol. The van der Waals surface area contributed by atoms with Gasteiger partial charge in [0, 0.05) is 21.2 Å². The van der Waals surface area contributed by atoms with E-state index >= 15 is 0 Å². The molecule has 2 rings (SSSR count). The van der Waals surface area contributed by atoms with Gasteiger partial charge in [0.15, 0.2) is 5.84 Å². The van der Waals surface area contributed by atoms with Gasteiger partial charge in [0.25, 0.3) is 0 Å². The number of hydrogen-bond acceptors (Lipinski definition) is 3. The van der Waals surface area contributed by atoms with Gasteiger partial charge < -0.3 is 15.3 Å². The van der Waals surface area contributed by atoms with E-state index in [1.54, 1.807) is 49.6 Å². The second kappa shape index (κ2) is 7.20. The highest BCUT2D eigenvalue weighted by Crippen LogP contribution is 2.24. The maximum atomic E-state index is 6.04. The van der Waals surface area contributed by atoms with Crippen molar-refractivity contribution < 1.29 is 9.57 Å². The van der Waals surface area contributed by atoms with Crippen LogP contribution in [0.2, 0.25) is 10.0 Å². The molecule has 0 spiro atoms. The van der Waals surface area contributed by atoms with Crippen molar-refractivity contribution in [1.82, 2.24) is 0 Å². The molecule has 0 radical (unpaired) electrons. The lowest BCUT2D eigenvalue weighted by molar-refractivity contribution is 0.130. The van der Waals surface area contributed by atoms with E-state index in [-0.39, 0.29) is 12.4 Å². The molecule has 0 aromatic heterocycles. The third-order valence-electron chi connectivity index (χ3n) is 2.82. The Bertz CT molecular complexity index is 622. The number of hydrogen-bond donors (Lipinski definition) is 1. The Morgan fingerprint density at radius 2 is 1.71 bits per heavy atom. The number of nitrogens with zero attached hydrogens (tertiary/aromatic N) is 1. The summed E-state index contributed by atoms with van der Waals surface area (Å²) in [5, 5.41) is 4.92. The van der Waals surface area contributed by atoms with Crippen molar-refractivity contribution in [3.05, 3.63) is 63.6 Å². The number of amidine groups is 1. The van der Waals surface area contributed by atoms with Gasteiger partial charge in [-0.2, -0.15) is 0 Å². The number of nitrogens with two attached hydrogens (primary N) is 1. The highest BCUT2D eigenvalue weighted by molar-refractivity contribution is 6.35. The van der Waals surface area contributed by atoms with Crippen molar-refractivity contribution in [3.63, 3.8) is 0 Å². The van der Waals surface area contributed by atoms with E-state index in [0.717, 1.165) is 11.3 Å². The van der Waals surface area contributed by atoms with Gasteiger partial charge in [-0.1, -0.05) is 34.4 Å². The van der Waals surface area contributed by atoms with Crippen molar-refractivity contribution in [2.24, 2.45) is 10.9 Å². The maximum Gasteiger partial charge on any atom is 0.170 e. The predicted molar refractivity (Wildman–Crippen MR) is 85.0 cm³/mol. The Labute approximate surface area is 133 Å². The fourth-order valence-corrected chi connectivity index (χ4v) is 2.16. The molecule has 2 N–H and O–H groups in total. The van der Waals surface area contributed by atoms with Crippen LogP contribution in [0.3, 0.4) is 0 Å². The fourth-order valence-electron chi connectivity index (χ4n) is 1.65. The number of methoxy groups -OCH3 is 1. The van der Waals surface area contributed by atoms with Gasteiger partial charge in [0.1, 0.15) is 12.4 Å². The minimum Gasteiger partial charge on any atom is -0.497 e. The third kappa shape index (κ3) is 4.03. The first-order valence-corrected chi connectivity index (χ1v) is 6.90. The van der Waals surface area contributed by atoms with Crippen molar-refractivity contribution in [2.45, 2.75) is 6.61 Å². The maximum absolute atomic E-state index is 6.04. The fraction of sp³-hybridized carbons (Fsp3) is 0.133. The predicted octanol–water partition coefficient (Wildman–Crippen LogP) is 3.84. The van der Waals surface area contributed by atoms with Gasteiger partial charge in [-0.05, 0) is 36.4 Å². The van der Waals surface area contributed by atoms with Crippen LogP contribution in [0.15, 0.2) is 47.6 Å². The van der Waals surface area contributed by atoms with E-state index in [2.05, 4.69) is 5.16 Å². The van der Waals surface area contributed by atoms with Crippen LogP contribution in [-0.4, -0.2) is 12.9 Å². The zero-order valence-corrected chi connectivity index (χ0v) is 12.9. The van der Waals surface area contributed by atoms with Crippen molar-refractivity contribution in [3.8, 4) is 5.75 Å². The van der Waals surface area contributed by atoms with Crippen LogP contribution in [0.5, 0.6) is 5.75 Å². The molecule has 0 saturated heterocycles. The van der Waals surface area contributed by atoms with Crippen molar-refractivity contribution in [1.29, 1.82) is 0 Å². The van der Waals surface area contributed by atoms with Gasteiger partial charge in [-0.3, -0.25) is 0 Å². The molecule has 6 heteroatoms. The second-order valence-electron chi connectivity index (χ2n) is 4.18. The summed E-state index contributed by atoms with van der Waals surface area (Å²) in [4.78, 5) is 5.22. The Balaban J connectivity index is 2.03. The van der Waals surface area contributed by atoms with Crippen LogP contribution in [0, 0.1) is 0 Å². The molecule has 0 aliphatic heterocycles. The summed E-state index contributed by atoms with van der Waals surface area (Å²) in [7, 11) is 1.60. The summed E-state index contributed by atoms with van der Waals surface area (Å²) in [5.74, 6) is 1.01. The molecule has 0 heterocycles. The summed E-state index contributed by atoms with van der Waals surface area (Å²) >= 11 is 12.1. The summed E-state index contributed by atoms with van der Waals surface area (Å²) in [6.07, 6.45) is 0. The third-order valence-corrected chi connectivity index (χ3v) is 3.53. The minimum absolute atomic E-state index is 0.148. The smallest absolute Gasteiger partial charge is 0.170 e. The van der Waals surface area contributed by atoms with Gasteiger partial charge in [0.05, 0.1) is 7.11 Å². The normalized spacial score (nSPS) is 11.3. The molecule has 21 heavy (non-hydrogen) atoms. The largest absolute Gasteiger partial charge is 0.497 e. The number of rotatable bonds is 5. The van der Waals surface area contributed by atoms with E-state index in [4.69, 9.17) is 38.5 Å². The molecule has 0 saturated carbocycles. The number of halogens is 2. The Morgan fingerprint density at radius 1 is 1.10 bits per heavy atom. The van der Waals surface area contributed by atoms with Crippen LogP contribution in [0.25, 0.3) is 0 Å². The van der Waals surface area contributed by atoms with Gasteiger partial charge >= 0.3 is 0 Å². The molecule has 0 aliphatic carbocycles. The number of ether oxygens (including phenoxy) is 1. The SMILES string of the molecule is COc1ccc(/C(N)=N/OCc2c(Cl)cccc2Cl)cc1. The van der Waals surface area contributed by atoms with Crippen LogP contribution in [0.1, 0.15) is 11.1 Å². The highest BCUT2D eigenvalue weighted by Gasteiger charge is 2.06. The van der Waals surface area contributed by atoms with E-state index < -0.39 is 0 Å². The van der Waals surface area contributed by atoms with Crippen molar-refractivity contribution >= 4 is 29.0 Å². The van der Waals surface area contributed by atoms with E-state index in [0.29, 0.717) is 15.6 Å². The monoisotopic (exact) mass is 324 g/mol. The van der Waals surface area contributed by atoms with Crippen LogP contribution >= 0.6 is 23.2 Å². The lowest BCUT2D eigenvalue weighted by Gasteiger charge is -2.06. The average Bonchev–Trinajstić information content (AvgIpc) is 2.50. The molecule has 0 atom stereocenters. The number of oxime groups is 1. The Morgan fingerprint density at radius 3 is 2.29 bits per heavy atom. The molecule has 0 fully saturated rings. The summed E-state index contributed by atoms with van der Waals surface area (Å²) in [5.41, 5.74) is 7.26. The van der Waals surface area contributed by atoms with Gasteiger partial charge in [-0.25, -0.2) is 0 Å².